The van der Waals surface area contributed by atoms with Crippen LogP contribution in [0.2, 0.25) is 0 Å². The predicted molar refractivity (Wildman–Crippen MR) is 40.6 cm³/mol. The second-order valence-electron chi connectivity index (χ2n) is 2.79. The predicted octanol–water partition coefficient (Wildman–Crippen LogP) is 2.17. The maximum Gasteiger partial charge on any atom is 0.0264 e. The van der Waals surface area contributed by atoms with E-state index in [1.165, 1.54) is 0 Å². The minimum atomic E-state index is 0.177. The lowest BCUT2D eigenvalue weighted by molar-refractivity contribution is 0.626. The molecule has 0 amide bonds. The molecule has 0 spiro atoms. The van der Waals surface area contributed by atoms with E-state index in [1.54, 1.807) is 6.21 Å². The van der Waals surface area contributed by atoms with Crippen molar-refractivity contribution in [2.75, 3.05) is 0 Å². The largest absolute Gasteiger partial charge is 0.265 e. The molecule has 0 unspecified atom stereocenters. The van der Waals surface area contributed by atoms with Crippen LogP contribution in [0.3, 0.4) is 0 Å². The molecule has 0 bridgehead atoms. The van der Waals surface area contributed by atoms with Crippen LogP contribution >= 0.6 is 0 Å². The van der Waals surface area contributed by atoms with Gasteiger partial charge in [0.2, 0.25) is 0 Å². The van der Waals surface area contributed by atoms with E-state index in [0.717, 1.165) is 0 Å². The molecule has 1 heteroatoms. The molecule has 1 nitrogen and oxygen atoms in total. The molecular formula is C8H11N. The summed E-state index contributed by atoms with van der Waals surface area (Å²) in [6.07, 6.45) is 9.80. The minimum Gasteiger partial charge on any atom is -0.265 e. The fraction of sp³-hybridized carbons (Fsp3) is 0.375. The Hall–Kier alpha value is -0.850. The minimum absolute atomic E-state index is 0.177. The van der Waals surface area contributed by atoms with Crippen LogP contribution in [-0.2, 0) is 0 Å². The van der Waals surface area contributed by atoms with Gasteiger partial charge in [-0.1, -0.05) is 26.0 Å². The highest BCUT2D eigenvalue weighted by atomic mass is 14.7. The van der Waals surface area contributed by atoms with Crippen molar-refractivity contribution < 1.29 is 0 Å². The van der Waals surface area contributed by atoms with Gasteiger partial charge < -0.3 is 0 Å². The normalized spacial score (nSPS) is 22.0. The van der Waals surface area contributed by atoms with E-state index < -0.39 is 0 Å². The highest BCUT2D eigenvalue weighted by molar-refractivity contribution is 5.72. The lowest BCUT2D eigenvalue weighted by Crippen LogP contribution is -2.00. The second kappa shape index (κ2) is 2.18. The fourth-order valence-electron chi connectivity index (χ4n) is 0.681. The van der Waals surface area contributed by atoms with Crippen LogP contribution in [0.5, 0.6) is 0 Å². The average molecular weight is 121 g/mol. The monoisotopic (exact) mass is 121 g/mol. The lowest BCUT2D eigenvalue weighted by Gasteiger charge is -2.11. The zero-order valence-electron chi connectivity index (χ0n) is 5.83. The van der Waals surface area contributed by atoms with Gasteiger partial charge in [0, 0.05) is 17.8 Å². The highest BCUT2D eigenvalue weighted by Gasteiger charge is 2.07. The highest BCUT2D eigenvalue weighted by Crippen LogP contribution is 2.19. The average Bonchev–Trinajstić information content (AvgIpc) is 1.92. The number of allylic oxidation sites excluding steroid dienone is 3. The molecule has 48 valence electrons. The Kier molecular flexibility index (Phi) is 1.52. The van der Waals surface area contributed by atoms with Crippen molar-refractivity contribution in [3.63, 3.8) is 0 Å². The number of aliphatic imine (C=N–C) groups is 1. The maximum absolute atomic E-state index is 3.97. The van der Waals surface area contributed by atoms with Crippen molar-refractivity contribution in [2.24, 2.45) is 10.4 Å². The number of hydrogen-bond acceptors (Lipinski definition) is 1. The summed E-state index contributed by atoms with van der Waals surface area (Å²) in [5, 5.41) is 0. The van der Waals surface area contributed by atoms with Crippen molar-refractivity contribution in [3.05, 3.63) is 24.4 Å². The summed E-state index contributed by atoms with van der Waals surface area (Å²) in [6, 6.07) is 0. The molecule has 0 aliphatic carbocycles. The van der Waals surface area contributed by atoms with Gasteiger partial charge in [0.25, 0.3) is 0 Å². The van der Waals surface area contributed by atoms with Gasteiger partial charge in [-0.25, -0.2) is 0 Å². The lowest BCUT2D eigenvalue weighted by atomic mass is 9.94. The van der Waals surface area contributed by atoms with Gasteiger partial charge in [-0.05, 0) is 6.08 Å². The van der Waals surface area contributed by atoms with Crippen molar-refractivity contribution in [1.29, 1.82) is 0 Å². The summed E-state index contributed by atoms with van der Waals surface area (Å²) < 4.78 is 0. The Bertz CT molecular complexity index is 155. The van der Waals surface area contributed by atoms with Gasteiger partial charge in [0.15, 0.2) is 0 Å². The Balaban J connectivity index is 2.82. The van der Waals surface area contributed by atoms with Gasteiger partial charge in [-0.3, -0.25) is 4.99 Å². The molecule has 0 saturated carbocycles. The van der Waals surface area contributed by atoms with Crippen LogP contribution in [0.25, 0.3) is 0 Å². The van der Waals surface area contributed by atoms with Crippen LogP contribution in [0, 0.1) is 5.41 Å². The summed E-state index contributed by atoms with van der Waals surface area (Å²) in [6.45, 7) is 4.30. The van der Waals surface area contributed by atoms with Crippen molar-refractivity contribution in [2.45, 2.75) is 13.8 Å². The van der Waals surface area contributed by atoms with Gasteiger partial charge in [0.05, 0.1) is 0 Å². The summed E-state index contributed by atoms with van der Waals surface area (Å²) >= 11 is 0. The summed E-state index contributed by atoms with van der Waals surface area (Å²) in [5.74, 6) is 0. The third kappa shape index (κ3) is 1.84. The first-order valence-electron chi connectivity index (χ1n) is 3.09. The molecule has 1 heterocycles. The summed E-state index contributed by atoms with van der Waals surface area (Å²) in [5.41, 5.74) is 0.177. The van der Waals surface area contributed by atoms with E-state index in [1.807, 2.05) is 12.3 Å². The molecule has 0 N–H and O–H groups in total. The van der Waals surface area contributed by atoms with Crippen molar-refractivity contribution >= 4 is 6.21 Å². The standard InChI is InChI=1S/C8H11N/c1-8(2)4-3-6-9-7-5-8/h3-7H,1-2H3. The molecule has 0 saturated heterocycles. The third-order valence-electron chi connectivity index (χ3n) is 1.29. The van der Waals surface area contributed by atoms with Crippen LogP contribution in [0.1, 0.15) is 13.8 Å². The molecule has 0 aromatic rings. The second-order valence-corrected chi connectivity index (χ2v) is 2.79. The molecule has 1 rings (SSSR count). The summed E-state index contributed by atoms with van der Waals surface area (Å²) in [4.78, 5) is 3.97. The van der Waals surface area contributed by atoms with Gasteiger partial charge in [-0.2, -0.15) is 0 Å². The number of nitrogens with zero attached hydrogens (tertiary/aromatic N) is 1. The molecule has 0 radical (unpaired) electrons. The Morgan fingerprint density at radius 3 is 2.78 bits per heavy atom. The van der Waals surface area contributed by atoms with Crippen LogP contribution < -0.4 is 0 Å². The fourth-order valence-corrected chi connectivity index (χ4v) is 0.681. The van der Waals surface area contributed by atoms with E-state index >= 15 is 0 Å². The molecule has 0 aromatic carbocycles. The van der Waals surface area contributed by atoms with Gasteiger partial charge in [-0.15, -0.1) is 0 Å². The molecular weight excluding hydrogens is 110 g/mol. The van der Waals surface area contributed by atoms with E-state index in [0.29, 0.717) is 0 Å². The SMILES string of the molecule is CC1(C)C=CC=NC=C1. The molecule has 0 fully saturated rings. The van der Waals surface area contributed by atoms with Crippen LogP contribution in [-0.4, -0.2) is 6.21 Å². The van der Waals surface area contributed by atoms with Crippen molar-refractivity contribution in [1.82, 2.24) is 0 Å². The first kappa shape index (κ1) is 6.27. The molecule has 0 atom stereocenters. The Morgan fingerprint density at radius 1 is 1.22 bits per heavy atom. The van der Waals surface area contributed by atoms with E-state index in [4.69, 9.17) is 0 Å². The quantitative estimate of drug-likeness (QED) is 0.465. The van der Waals surface area contributed by atoms with Crippen LogP contribution in [0.4, 0.5) is 0 Å². The third-order valence-corrected chi connectivity index (χ3v) is 1.29. The van der Waals surface area contributed by atoms with Gasteiger partial charge >= 0.3 is 0 Å². The van der Waals surface area contributed by atoms with Crippen molar-refractivity contribution in [3.8, 4) is 0 Å². The first-order valence-corrected chi connectivity index (χ1v) is 3.09. The zero-order chi connectivity index (χ0) is 6.74. The number of rotatable bonds is 0. The molecule has 1 aliphatic rings. The smallest absolute Gasteiger partial charge is 0.0264 e. The maximum atomic E-state index is 3.97. The van der Waals surface area contributed by atoms with E-state index in [9.17, 15) is 0 Å². The topological polar surface area (TPSA) is 12.4 Å². The Morgan fingerprint density at radius 2 is 2.00 bits per heavy atom. The van der Waals surface area contributed by atoms with Crippen LogP contribution in [0.15, 0.2) is 29.4 Å². The van der Waals surface area contributed by atoms with E-state index in [-0.39, 0.29) is 5.41 Å². The zero-order valence-corrected chi connectivity index (χ0v) is 5.83. The molecule has 0 aromatic heterocycles. The molecule has 1 aliphatic heterocycles. The molecule has 9 heavy (non-hydrogen) atoms. The Labute approximate surface area is 55.8 Å². The van der Waals surface area contributed by atoms with Gasteiger partial charge in [0.1, 0.15) is 0 Å². The summed E-state index contributed by atoms with van der Waals surface area (Å²) in [7, 11) is 0. The number of hydrogen-bond donors (Lipinski definition) is 0. The van der Waals surface area contributed by atoms with E-state index in [2.05, 4.69) is 31.0 Å². The first-order chi connectivity index (χ1) is 4.21.